The number of carbonyl (C=O) groups is 1. The van der Waals surface area contributed by atoms with Gasteiger partial charge >= 0.3 is 12.1 Å². The molecule has 5 atom stereocenters. The maximum absolute atomic E-state index is 13.2. The number of halogens is 3. The van der Waals surface area contributed by atoms with E-state index in [1.807, 2.05) is 18.2 Å². The minimum Gasteiger partial charge on any atom is -0.491 e. The molecule has 0 amide bonds. The van der Waals surface area contributed by atoms with Gasteiger partial charge in [0.05, 0.1) is 17.8 Å². The first-order valence-corrected chi connectivity index (χ1v) is 16.7. The van der Waals surface area contributed by atoms with Crippen molar-refractivity contribution in [3.8, 4) is 5.75 Å². The summed E-state index contributed by atoms with van der Waals surface area (Å²) in [6.45, 7) is 8.60. The third-order valence-electron chi connectivity index (χ3n) is 8.05. The predicted octanol–water partition coefficient (Wildman–Crippen LogP) is 7.87. The SMILES string of the molecule is CC[Si](CC)(CC)OC(/C=C/[C@@H]1[C@@H](C/C=C\CCCC(=O)O)[C@@H](O)C[C@H]1C)COc1cccc(C(F)(F)F)c1. The molecular weight excluding hydrogens is 525 g/mol. The first kappa shape index (κ1) is 33.1. The lowest BCUT2D eigenvalue weighted by Crippen LogP contribution is -2.41. The highest BCUT2D eigenvalue weighted by Gasteiger charge is 2.38. The standard InChI is InChI=1S/C30H45F3O5Si/c1-5-39(6-2,7-3)38-25(21-37-24-14-12-13-23(20-24)30(31,32)33)17-18-26-22(4)19-28(34)27(26)15-10-8-9-11-16-29(35)36/h8,10,12-14,17-18,20,22,25-28,34H,5-7,9,11,15-16,19,21H2,1-4H3,(H,35,36)/b10-8-,18-17+/t22-,25?,26+,27-,28+/m1/s1. The van der Waals surface area contributed by atoms with Gasteiger partial charge in [-0.25, -0.2) is 0 Å². The van der Waals surface area contributed by atoms with Crippen molar-refractivity contribution in [3.63, 3.8) is 0 Å². The molecule has 39 heavy (non-hydrogen) atoms. The summed E-state index contributed by atoms with van der Waals surface area (Å²) in [7, 11) is -2.04. The van der Waals surface area contributed by atoms with Crippen LogP contribution in [0.15, 0.2) is 48.6 Å². The molecule has 1 aromatic rings. The van der Waals surface area contributed by atoms with E-state index in [1.165, 1.54) is 12.1 Å². The molecule has 220 valence electrons. The van der Waals surface area contributed by atoms with Crippen LogP contribution in [0.2, 0.25) is 18.1 Å². The number of aliphatic hydroxyl groups excluding tert-OH is 1. The molecule has 0 saturated heterocycles. The Morgan fingerprint density at radius 1 is 1.18 bits per heavy atom. The monoisotopic (exact) mass is 570 g/mol. The molecule has 5 nitrogen and oxygen atoms in total. The quantitative estimate of drug-likeness (QED) is 0.120. The van der Waals surface area contributed by atoms with Gasteiger partial charge in [-0.15, -0.1) is 0 Å². The van der Waals surface area contributed by atoms with Crippen molar-refractivity contribution in [1.29, 1.82) is 0 Å². The second-order valence-electron chi connectivity index (χ2n) is 10.6. The number of hydrogen-bond acceptors (Lipinski definition) is 4. The topological polar surface area (TPSA) is 76.0 Å². The summed E-state index contributed by atoms with van der Waals surface area (Å²) in [6, 6.07) is 7.70. The van der Waals surface area contributed by atoms with Crippen LogP contribution in [0.4, 0.5) is 13.2 Å². The number of aliphatic carboxylic acids is 1. The van der Waals surface area contributed by atoms with E-state index >= 15 is 0 Å². The Hall–Kier alpha value is -2.10. The van der Waals surface area contributed by atoms with E-state index in [1.54, 1.807) is 0 Å². The zero-order valence-corrected chi connectivity index (χ0v) is 24.6. The lowest BCUT2D eigenvalue weighted by Gasteiger charge is -2.32. The number of carboxylic acids is 1. The van der Waals surface area contributed by atoms with Crippen LogP contribution >= 0.6 is 0 Å². The maximum atomic E-state index is 13.2. The summed E-state index contributed by atoms with van der Waals surface area (Å²) in [6.07, 6.45) is 5.60. The van der Waals surface area contributed by atoms with Crippen LogP contribution in [0, 0.1) is 17.8 Å². The average Bonchev–Trinajstić information content (AvgIpc) is 3.17. The van der Waals surface area contributed by atoms with Crippen molar-refractivity contribution in [2.24, 2.45) is 17.8 Å². The van der Waals surface area contributed by atoms with Gasteiger partial charge in [-0.3, -0.25) is 4.79 Å². The van der Waals surface area contributed by atoms with E-state index in [-0.39, 0.29) is 36.5 Å². The Bertz CT molecular complexity index is 937. The molecule has 2 rings (SSSR count). The highest BCUT2D eigenvalue weighted by Crippen LogP contribution is 2.40. The number of hydrogen-bond donors (Lipinski definition) is 2. The van der Waals surface area contributed by atoms with Gasteiger partial charge in [-0.2, -0.15) is 13.2 Å². The lowest BCUT2D eigenvalue weighted by molar-refractivity contribution is -0.138. The van der Waals surface area contributed by atoms with Crippen LogP contribution < -0.4 is 4.74 Å². The molecule has 0 bridgehead atoms. The summed E-state index contributed by atoms with van der Waals surface area (Å²) in [5, 5.41) is 19.5. The summed E-state index contributed by atoms with van der Waals surface area (Å²) in [4.78, 5) is 10.7. The molecule has 1 unspecified atom stereocenters. The first-order chi connectivity index (χ1) is 18.4. The largest absolute Gasteiger partial charge is 0.491 e. The smallest absolute Gasteiger partial charge is 0.416 e. The van der Waals surface area contributed by atoms with E-state index in [0.717, 1.165) is 30.3 Å². The Balaban J connectivity index is 2.17. The minimum absolute atomic E-state index is 0.0301. The molecule has 9 heteroatoms. The van der Waals surface area contributed by atoms with Crippen LogP contribution in [0.3, 0.4) is 0 Å². The van der Waals surface area contributed by atoms with Crippen molar-refractivity contribution in [1.82, 2.24) is 0 Å². The molecule has 2 N–H and O–H groups in total. The van der Waals surface area contributed by atoms with Gasteiger partial charge in [0.25, 0.3) is 0 Å². The molecule has 1 aliphatic carbocycles. The second kappa shape index (κ2) is 15.6. The highest BCUT2D eigenvalue weighted by atomic mass is 28.4. The molecule has 0 aromatic heterocycles. The first-order valence-electron chi connectivity index (χ1n) is 14.2. The highest BCUT2D eigenvalue weighted by molar-refractivity contribution is 6.73. The van der Waals surface area contributed by atoms with E-state index in [4.69, 9.17) is 14.3 Å². The number of benzene rings is 1. The molecule has 0 radical (unpaired) electrons. The molecule has 0 heterocycles. The number of ether oxygens (including phenoxy) is 1. The summed E-state index contributed by atoms with van der Waals surface area (Å²) in [5.41, 5.74) is -0.750. The molecular formula is C30H45F3O5Si. The van der Waals surface area contributed by atoms with E-state index in [2.05, 4.69) is 33.8 Å². The van der Waals surface area contributed by atoms with Gasteiger partial charge in [0.2, 0.25) is 0 Å². The molecule has 0 aliphatic heterocycles. The van der Waals surface area contributed by atoms with Crippen molar-refractivity contribution < 1.29 is 37.3 Å². The molecule has 1 aliphatic rings. The Morgan fingerprint density at radius 2 is 1.87 bits per heavy atom. The third-order valence-corrected chi connectivity index (χ3v) is 12.7. The fourth-order valence-corrected chi connectivity index (χ4v) is 8.21. The summed E-state index contributed by atoms with van der Waals surface area (Å²) in [5.74, 6) is -0.244. The Kier molecular flexibility index (Phi) is 13.3. The lowest BCUT2D eigenvalue weighted by atomic mass is 9.87. The van der Waals surface area contributed by atoms with E-state index in [9.17, 15) is 23.1 Å². The van der Waals surface area contributed by atoms with Crippen molar-refractivity contribution in [3.05, 3.63) is 54.1 Å². The molecule has 1 saturated carbocycles. The Morgan fingerprint density at radius 3 is 2.49 bits per heavy atom. The van der Waals surface area contributed by atoms with E-state index in [0.29, 0.717) is 25.7 Å². The number of aliphatic hydroxyl groups is 1. The van der Waals surface area contributed by atoms with Crippen LogP contribution in [0.5, 0.6) is 5.75 Å². The van der Waals surface area contributed by atoms with Gasteiger partial charge in [0.1, 0.15) is 12.4 Å². The minimum atomic E-state index is -4.44. The van der Waals surface area contributed by atoms with Gasteiger partial charge in [0.15, 0.2) is 8.32 Å². The maximum Gasteiger partial charge on any atom is 0.416 e. The van der Waals surface area contributed by atoms with Crippen LogP contribution in [0.25, 0.3) is 0 Å². The number of allylic oxidation sites excluding steroid dienone is 3. The fourth-order valence-electron chi connectivity index (χ4n) is 5.42. The van der Waals surface area contributed by atoms with Crippen LogP contribution in [0.1, 0.15) is 65.4 Å². The van der Waals surface area contributed by atoms with Gasteiger partial charge < -0.3 is 19.4 Å². The Labute approximate surface area is 232 Å². The van der Waals surface area contributed by atoms with Crippen molar-refractivity contribution >= 4 is 14.3 Å². The third kappa shape index (κ3) is 10.4. The average molecular weight is 571 g/mol. The number of unbranched alkanes of at least 4 members (excludes halogenated alkanes) is 1. The summed E-state index contributed by atoms with van der Waals surface area (Å²) >= 11 is 0. The number of rotatable bonds is 16. The zero-order chi connectivity index (χ0) is 29.1. The molecule has 0 spiro atoms. The fraction of sp³-hybridized carbons (Fsp3) is 0.633. The predicted molar refractivity (Wildman–Crippen MR) is 150 cm³/mol. The second-order valence-corrected chi connectivity index (χ2v) is 15.4. The number of carboxylic acid groups (broad SMARTS) is 1. The van der Waals surface area contributed by atoms with Crippen molar-refractivity contribution in [2.75, 3.05) is 6.61 Å². The van der Waals surface area contributed by atoms with Crippen LogP contribution in [-0.2, 0) is 15.4 Å². The zero-order valence-electron chi connectivity index (χ0n) is 23.6. The molecule has 1 aromatic carbocycles. The van der Waals surface area contributed by atoms with Gasteiger partial charge in [0, 0.05) is 6.42 Å². The van der Waals surface area contributed by atoms with Crippen molar-refractivity contribution in [2.45, 2.75) is 96.3 Å². The number of alkyl halides is 3. The molecule has 1 fully saturated rings. The summed E-state index contributed by atoms with van der Waals surface area (Å²) < 4.78 is 52.0. The van der Waals surface area contributed by atoms with Gasteiger partial charge in [-0.1, -0.05) is 58.1 Å². The van der Waals surface area contributed by atoms with Gasteiger partial charge in [-0.05, 0) is 79.8 Å². The van der Waals surface area contributed by atoms with Crippen LogP contribution in [-0.4, -0.2) is 43.3 Å². The normalized spacial score (nSPS) is 23.1. The van der Waals surface area contributed by atoms with E-state index < -0.39 is 38.2 Å².